The highest BCUT2D eigenvalue weighted by molar-refractivity contribution is 9.11. The van der Waals surface area contributed by atoms with E-state index in [4.69, 9.17) is 0 Å². The van der Waals surface area contributed by atoms with Crippen LogP contribution in [0.4, 0.5) is 0 Å². The molecule has 3 heterocycles. The minimum absolute atomic E-state index is 0.00954. The summed E-state index contributed by atoms with van der Waals surface area (Å²) < 4.78 is 28.1. The Balaban J connectivity index is 1.53. The maximum Gasteiger partial charge on any atom is 0.252 e. The topological polar surface area (TPSA) is 79.4 Å². The lowest BCUT2D eigenvalue weighted by Gasteiger charge is -2.33. The van der Waals surface area contributed by atoms with E-state index in [0.29, 0.717) is 36.7 Å². The third kappa shape index (κ3) is 4.96. The van der Waals surface area contributed by atoms with Crippen LogP contribution in [0.25, 0.3) is 0 Å². The Hall–Kier alpha value is -1.29. The molecule has 3 rings (SSSR count). The molecule has 0 radical (unpaired) electrons. The predicted octanol–water partition coefficient (Wildman–Crippen LogP) is 3.26. The van der Waals surface area contributed by atoms with Crippen molar-refractivity contribution < 1.29 is 13.2 Å². The molecular weight excluding hydrogens is 450 g/mol. The van der Waals surface area contributed by atoms with Gasteiger partial charge in [-0.1, -0.05) is 6.92 Å². The fourth-order valence-electron chi connectivity index (χ4n) is 3.24. The van der Waals surface area contributed by atoms with E-state index in [1.54, 1.807) is 24.5 Å². The summed E-state index contributed by atoms with van der Waals surface area (Å²) in [5.74, 6) is 0.0480. The van der Waals surface area contributed by atoms with Crippen molar-refractivity contribution in [3.05, 3.63) is 46.0 Å². The van der Waals surface area contributed by atoms with Gasteiger partial charge in [-0.25, -0.2) is 8.42 Å². The number of nitrogens with one attached hydrogen (secondary N) is 1. The lowest BCUT2D eigenvalue weighted by Crippen LogP contribution is -2.42. The average molecular weight is 472 g/mol. The van der Waals surface area contributed by atoms with Crippen LogP contribution in [0.3, 0.4) is 0 Å². The van der Waals surface area contributed by atoms with Crippen molar-refractivity contribution in [1.29, 1.82) is 0 Å². The summed E-state index contributed by atoms with van der Waals surface area (Å²) in [6.45, 7) is 3.30. The van der Waals surface area contributed by atoms with Gasteiger partial charge in [-0.3, -0.25) is 9.78 Å². The van der Waals surface area contributed by atoms with E-state index in [-0.39, 0.29) is 17.7 Å². The number of amides is 1. The van der Waals surface area contributed by atoms with Crippen LogP contribution in [0.15, 0.2) is 44.7 Å². The molecular formula is C18H22BrN3O3S2. The molecule has 2 aromatic heterocycles. The molecule has 2 aromatic rings. The van der Waals surface area contributed by atoms with Gasteiger partial charge in [0.25, 0.3) is 10.0 Å². The monoisotopic (exact) mass is 471 g/mol. The molecule has 1 aliphatic heterocycles. The number of sulfonamides is 1. The zero-order valence-electron chi connectivity index (χ0n) is 15.0. The maximum atomic E-state index is 12.7. The van der Waals surface area contributed by atoms with Gasteiger partial charge in [0, 0.05) is 37.9 Å². The van der Waals surface area contributed by atoms with Gasteiger partial charge < -0.3 is 5.32 Å². The molecule has 6 nitrogen and oxygen atoms in total. The summed E-state index contributed by atoms with van der Waals surface area (Å²) in [4.78, 5) is 16.4. The molecule has 0 unspecified atom stereocenters. The van der Waals surface area contributed by atoms with Gasteiger partial charge >= 0.3 is 0 Å². The van der Waals surface area contributed by atoms with Gasteiger partial charge in [-0.15, -0.1) is 11.3 Å². The molecule has 1 aliphatic rings. The van der Waals surface area contributed by atoms with Gasteiger partial charge in [-0.05, 0) is 64.5 Å². The minimum atomic E-state index is -3.44. The molecule has 0 spiro atoms. The van der Waals surface area contributed by atoms with E-state index in [9.17, 15) is 13.2 Å². The van der Waals surface area contributed by atoms with Crippen molar-refractivity contribution in [3.8, 4) is 0 Å². The summed E-state index contributed by atoms with van der Waals surface area (Å²) in [5.41, 5.74) is 1.01. The second-order valence-corrected chi connectivity index (χ2v) is 11.3. The molecule has 1 N–H and O–H groups in total. The van der Waals surface area contributed by atoms with Gasteiger partial charge in [0.15, 0.2) is 0 Å². The number of pyridine rings is 1. The Kier molecular flexibility index (Phi) is 6.67. The molecule has 1 fully saturated rings. The SMILES string of the molecule is C[C@H](C(=O)NCc1ccncc1)C1CCN(S(=O)(=O)c2ccc(Br)s2)CC1. The Morgan fingerprint density at radius 1 is 1.30 bits per heavy atom. The number of carbonyl (C=O) groups excluding carboxylic acids is 1. The first-order valence-corrected chi connectivity index (χ1v) is 11.8. The number of nitrogens with zero attached hydrogens (tertiary/aromatic N) is 2. The smallest absolute Gasteiger partial charge is 0.252 e. The summed E-state index contributed by atoms with van der Waals surface area (Å²) in [7, 11) is -3.44. The van der Waals surface area contributed by atoms with Crippen LogP contribution in [-0.4, -0.2) is 36.7 Å². The number of thiophene rings is 1. The zero-order valence-corrected chi connectivity index (χ0v) is 18.2. The zero-order chi connectivity index (χ0) is 19.4. The Bertz CT molecular complexity index is 878. The minimum Gasteiger partial charge on any atom is -0.352 e. The third-order valence-corrected chi connectivity index (χ3v) is 8.97. The van der Waals surface area contributed by atoms with E-state index < -0.39 is 10.0 Å². The number of hydrogen-bond donors (Lipinski definition) is 1. The lowest BCUT2D eigenvalue weighted by molar-refractivity contribution is -0.126. The van der Waals surface area contributed by atoms with Crippen molar-refractivity contribution in [2.75, 3.05) is 13.1 Å². The Labute approximate surface area is 172 Å². The highest BCUT2D eigenvalue weighted by atomic mass is 79.9. The molecule has 27 heavy (non-hydrogen) atoms. The van der Waals surface area contributed by atoms with Crippen molar-refractivity contribution in [2.45, 2.75) is 30.5 Å². The Morgan fingerprint density at radius 2 is 1.96 bits per heavy atom. The van der Waals surface area contributed by atoms with Crippen LogP contribution in [0.1, 0.15) is 25.3 Å². The first-order chi connectivity index (χ1) is 12.9. The fraction of sp³-hybridized carbons (Fsp3) is 0.444. The highest BCUT2D eigenvalue weighted by Crippen LogP contribution is 2.32. The van der Waals surface area contributed by atoms with E-state index in [2.05, 4.69) is 26.2 Å². The number of rotatable bonds is 6. The molecule has 9 heteroatoms. The van der Waals surface area contributed by atoms with Crippen LogP contribution in [0, 0.1) is 11.8 Å². The van der Waals surface area contributed by atoms with Crippen LogP contribution in [-0.2, 0) is 21.4 Å². The highest BCUT2D eigenvalue weighted by Gasteiger charge is 2.33. The standard InChI is InChI=1S/C18H22BrN3O3S2/c1-13(18(23)21-12-14-4-8-20-9-5-14)15-6-10-22(11-7-15)27(24,25)17-3-2-16(19)26-17/h2-5,8-9,13,15H,6-7,10-12H2,1H3,(H,21,23)/t13-/m0/s1. The second kappa shape index (κ2) is 8.81. The predicted molar refractivity (Wildman–Crippen MR) is 109 cm³/mol. The summed E-state index contributed by atoms with van der Waals surface area (Å²) in [6.07, 6.45) is 4.78. The molecule has 1 atom stereocenters. The number of aromatic nitrogens is 1. The third-order valence-electron chi connectivity index (χ3n) is 4.98. The number of halogens is 1. The maximum absolute atomic E-state index is 12.7. The van der Waals surface area contributed by atoms with Crippen molar-refractivity contribution in [2.24, 2.45) is 11.8 Å². The summed E-state index contributed by atoms with van der Waals surface area (Å²) in [6, 6.07) is 7.12. The van der Waals surface area contributed by atoms with E-state index in [1.165, 1.54) is 15.6 Å². The number of hydrogen-bond acceptors (Lipinski definition) is 5. The quantitative estimate of drug-likeness (QED) is 0.700. The summed E-state index contributed by atoms with van der Waals surface area (Å²) in [5, 5.41) is 2.96. The molecule has 0 bridgehead atoms. The van der Waals surface area contributed by atoms with E-state index in [1.807, 2.05) is 19.1 Å². The van der Waals surface area contributed by atoms with Crippen LogP contribution >= 0.6 is 27.3 Å². The summed E-state index contributed by atoms with van der Waals surface area (Å²) >= 11 is 4.54. The van der Waals surface area contributed by atoms with Gasteiger partial charge in [0.1, 0.15) is 4.21 Å². The number of piperidine rings is 1. The first-order valence-electron chi connectivity index (χ1n) is 8.80. The lowest BCUT2D eigenvalue weighted by atomic mass is 9.85. The molecule has 146 valence electrons. The van der Waals surface area contributed by atoms with E-state index >= 15 is 0 Å². The van der Waals surface area contributed by atoms with Gasteiger partial charge in [-0.2, -0.15) is 4.31 Å². The van der Waals surface area contributed by atoms with E-state index in [0.717, 1.165) is 9.35 Å². The first kappa shape index (κ1) is 20.4. The Morgan fingerprint density at radius 3 is 2.56 bits per heavy atom. The molecule has 1 amide bonds. The van der Waals surface area contributed by atoms with Gasteiger partial charge in [0.05, 0.1) is 3.79 Å². The van der Waals surface area contributed by atoms with Crippen LogP contribution < -0.4 is 5.32 Å². The average Bonchev–Trinajstić information content (AvgIpc) is 3.13. The molecule has 0 aliphatic carbocycles. The number of carbonyl (C=O) groups is 1. The normalized spacial score (nSPS) is 17.6. The van der Waals surface area contributed by atoms with Crippen molar-refractivity contribution in [3.63, 3.8) is 0 Å². The second-order valence-electron chi connectivity index (χ2n) is 6.66. The largest absolute Gasteiger partial charge is 0.352 e. The van der Waals surface area contributed by atoms with Gasteiger partial charge in [0.2, 0.25) is 5.91 Å². The van der Waals surface area contributed by atoms with Crippen molar-refractivity contribution >= 4 is 43.2 Å². The molecule has 0 aromatic carbocycles. The fourth-order valence-corrected chi connectivity index (χ4v) is 6.88. The molecule has 1 saturated heterocycles. The van der Waals surface area contributed by atoms with Crippen LogP contribution in [0.2, 0.25) is 0 Å². The van der Waals surface area contributed by atoms with Crippen molar-refractivity contribution in [1.82, 2.24) is 14.6 Å². The molecule has 0 saturated carbocycles. The van der Waals surface area contributed by atoms with Crippen LogP contribution in [0.5, 0.6) is 0 Å².